The number of nitriles is 1. The standard InChI is InChI=1S/C17H22N2OS/c1-14-6-5-7-15(10-14)11-21-12-16(20)19-17(13-18)8-3-2-4-9-17/h5-7,10H,2-4,8-9,11-12H2,1H3,(H,19,20). The lowest BCUT2D eigenvalue weighted by Crippen LogP contribution is -2.49. The zero-order valence-electron chi connectivity index (χ0n) is 12.5. The molecule has 1 saturated carbocycles. The fourth-order valence-electron chi connectivity index (χ4n) is 2.79. The van der Waals surface area contributed by atoms with Crippen LogP contribution in [-0.2, 0) is 10.5 Å². The maximum Gasteiger partial charge on any atom is 0.231 e. The maximum atomic E-state index is 12.0. The molecule has 21 heavy (non-hydrogen) atoms. The van der Waals surface area contributed by atoms with Gasteiger partial charge in [-0.05, 0) is 25.3 Å². The Kier molecular flexibility index (Phi) is 5.69. The minimum absolute atomic E-state index is 0.0175. The van der Waals surface area contributed by atoms with Gasteiger partial charge < -0.3 is 5.32 Å². The van der Waals surface area contributed by atoms with Crippen LogP contribution in [0.15, 0.2) is 24.3 Å². The Morgan fingerprint density at radius 1 is 1.38 bits per heavy atom. The van der Waals surface area contributed by atoms with E-state index in [-0.39, 0.29) is 5.91 Å². The number of hydrogen-bond donors (Lipinski definition) is 1. The van der Waals surface area contributed by atoms with E-state index in [0.717, 1.165) is 31.4 Å². The van der Waals surface area contributed by atoms with E-state index in [1.54, 1.807) is 11.8 Å². The van der Waals surface area contributed by atoms with Gasteiger partial charge in [-0.1, -0.05) is 49.1 Å². The van der Waals surface area contributed by atoms with Crippen LogP contribution >= 0.6 is 11.8 Å². The van der Waals surface area contributed by atoms with E-state index in [4.69, 9.17) is 0 Å². The number of amides is 1. The molecule has 112 valence electrons. The highest BCUT2D eigenvalue weighted by Crippen LogP contribution is 2.27. The Labute approximate surface area is 131 Å². The summed E-state index contributed by atoms with van der Waals surface area (Å²) in [4.78, 5) is 12.0. The van der Waals surface area contributed by atoms with Crippen molar-refractivity contribution < 1.29 is 4.79 Å². The van der Waals surface area contributed by atoms with Crippen LogP contribution < -0.4 is 5.32 Å². The Morgan fingerprint density at radius 2 is 2.14 bits per heavy atom. The van der Waals surface area contributed by atoms with Crippen LogP contribution in [0.1, 0.15) is 43.2 Å². The molecule has 0 radical (unpaired) electrons. The second kappa shape index (κ2) is 7.51. The molecule has 3 nitrogen and oxygen atoms in total. The van der Waals surface area contributed by atoms with Crippen LogP contribution in [0.2, 0.25) is 0 Å². The molecule has 0 heterocycles. The summed E-state index contributed by atoms with van der Waals surface area (Å²) < 4.78 is 0. The fraction of sp³-hybridized carbons (Fsp3) is 0.529. The summed E-state index contributed by atoms with van der Waals surface area (Å²) >= 11 is 1.60. The molecule has 1 fully saturated rings. The number of nitrogens with zero attached hydrogens (tertiary/aromatic N) is 1. The largest absolute Gasteiger partial charge is 0.337 e. The van der Waals surface area contributed by atoms with Gasteiger partial charge in [0.15, 0.2) is 0 Å². The number of nitrogens with one attached hydrogen (secondary N) is 1. The van der Waals surface area contributed by atoms with Gasteiger partial charge in [0.25, 0.3) is 0 Å². The second-order valence-electron chi connectivity index (χ2n) is 5.78. The minimum Gasteiger partial charge on any atom is -0.337 e. The van der Waals surface area contributed by atoms with Crippen LogP contribution in [0.3, 0.4) is 0 Å². The van der Waals surface area contributed by atoms with E-state index < -0.39 is 5.54 Å². The topological polar surface area (TPSA) is 52.9 Å². The highest BCUT2D eigenvalue weighted by Gasteiger charge is 2.33. The molecule has 0 bridgehead atoms. The summed E-state index contributed by atoms with van der Waals surface area (Å²) in [6, 6.07) is 10.7. The van der Waals surface area contributed by atoms with Gasteiger partial charge in [0.05, 0.1) is 11.8 Å². The summed E-state index contributed by atoms with van der Waals surface area (Å²) in [5.74, 6) is 1.22. The molecule has 1 amide bonds. The van der Waals surface area contributed by atoms with Crippen molar-refractivity contribution in [2.24, 2.45) is 0 Å². The van der Waals surface area contributed by atoms with Crippen molar-refractivity contribution in [3.8, 4) is 6.07 Å². The Morgan fingerprint density at radius 3 is 2.81 bits per heavy atom. The monoisotopic (exact) mass is 302 g/mol. The van der Waals surface area contributed by atoms with E-state index in [1.807, 2.05) is 6.07 Å². The molecule has 2 rings (SSSR count). The quantitative estimate of drug-likeness (QED) is 0.904. The van der Waals surface area contributed by atoms with Gasteiger partial charge >= 0.3 is 0 Å². The Balaban J connectivity index is 1.78. The average molecular weight is 302 g/mol. The summed E-state index contributed by atoms with van der Waals surface area (Å²) in [6.45, 7) is 2.07. The van der Waals surface area contributed by atoms with E-state index in [1.165, 1.54) is 17.5 Å². The van der Waals surface area contributed by atoms with E-state index in [9.17, 15) is 10.1 Å². The van der Waals surface area contributed by atoms with Gasteiger partial charge in [-0.2, -0.15) is 5.26 Å². The number of rotatable bonds is 5. The summed E-state index contributed by atoms with van der Waals surface area (Å²) in [5, 5.41) is 12.3. The first kappa shape index (κ1) is 15.9. The molecule has 1 aliphatic rings. The number of hydrogen-bond acceptors (Lipinski definition) is 3. The first-order valence-electron chi connectivity index (χ1n) is 7.49. The van der Waals surface area contributed by atoms with Gasteiger partial charge in [0, 0.05) is 5.75 Å². The predicted molar refractivity (Wildman–Crippen MR) is 86.9 cm³/mol. The fourth-order valence-corrected chi connectivity index (χ4v) is 3.56. The lowest BCUT2D eigenvalue weighted by atomic mass is 9.83. The number of aryl methyl sites for hydroxylation is 1. The molecule has 1 aromatic rings. The van der Waals surface area contributed by atoms with Gasteiger partial charge in [0.2, 0.25) is 5.91 Å². The molecule has 4 heteroatoms. The van der Waals surface area contributed by atoms with Gasteiger partial charge in [-0.15, -0.1) is 11.8 Å². The van der Waals surface area contributed by atoms with Crippen LogP contribution in [0.25, 0.3) is 0 Å². The molecule has 0 spiro atoms. The molecule has 0 unspecified atom stereocenters. The van der Waals surface area contributed by atoms with Crippen molar-refractivity contribution in [2.45, 2.75) is 50.3 Å². The predicted octanol–water partition coefficient (Wildman–Crippen LogP) is 3.57. The third-order valence-corrected chi connectivity index (χ3v) is 4.89. The number of carbonyl (C=O) groups is 1. The molecule has 0 aliphatic heterocycles. The van der Waals surface area contributed by atoms with Crippen molar-refractivity contribution in [1.82, 2.24) is 5.32 Å². The van der Waals surface area contributed by atoms with Crippen molar-refractivity contribution in [1.29, 1.82) is 5.26 Å². The van der Waals surface area contributed by atoms with E-state index in [2.05, 4.69) is 36.5 Å². The summed E-state index contributed by atoms with van der Waals surface area (Å²) in [6.07, 6.45) is 4.81. The normalized spacial score (nSPS) is 17.0. The smallest absolute Gasteiger partial charge is 0.231 e. The number of carbonyl (C=O) groups excluding carboxylic acids is 1. The van der Waals surface area contributed by atoms with Crippen molar-refractivity contribution in [2.75, 3.05) is 5.75 Å². The van der Waals surface area contributed by atoms with E-state index >= 15 is 0 Å². The molecule has 0 atom stereocenters. The van der Waals surface area contributed by atoms with Crippen LogP contribution in [0, 0.1) is 18.3 Å². The molecule has 0 saturated heterocycles. The third kappa shape index (κ3) is 4.78. The van der Waals surface area contributed by atoms with Gasteiger partial charge in [-0.3, -0.25) is 4.79 Å². The van der Waals surface area contributed by atoms with E-state index in [0.29, 0.717) is 5.75 Å². The van der Waals surface area contributed by atoms with Crippen LogP contribution in [-0.4, -0.2) is 17.2 Å². The van der Waals surface area contributed by atoms with Crippen molar-refractivity contribution in [3.05, 3.63) is 35.4 Å². The second-order valence-corrected chi connectivity index (χ2v) is 6.77. The molecule has 1 aromatic carbocycles. The third-order valence-electron chi connectivity index (χ3n) is 3.88. The lowest BCUT2D eigenvalue weighted by Gasteiger charge is -2.31. The van der Waals surface area contributed by atoms with Crippen molar-refractivity contribution in [3.63, 3.8) is 0 Å². The molecular formula is C17H22N2OS. The minimum atomic E-state index is -0.612. The summed E-state index contributed by atoms with van der Waals surface area (Å²) in [5.41, 5.74) is 1.86. The van der Waals surface area contributed by atoms with Crippen molar-refractivity contribution >= 4 is 17.7 Å². The highest BCUT2D eigenvalue weighted by molar-refractivity contribution is 7.99. The first-order valence-corrected chi connectivity index (χ1v) is 8.65. The molecule has 1 aliphatic carbocycles. The average Bonchev–Trinajstić information content (AvgIpc) is 2.48. The van der Waals surface area contributed by atoms with Crippen LogP contribution in [0.5, 0.6) is 0 Å². The van der Waals surface area contributed by atoms with Gasteiger partial charge in [0.1, 0.15) is 5.54 Å². The number of benzene rings is 1. The Hall–Kier alpha value is -1.47. The lowest BCUT2D eigenvalue weighted by molar-refractivity contribution is -0.120. The SMILES string of the molecule is Cc1cccc(CSCC(=O)NC2(C#N)CCCCC2)c1. The molecular weight excluding hydrogens is 280 g/mol. The first-order chi connectivity index (χ1) is 10.1. The zero-order chi connectivity index (χ0) is 15.1. The Bertz CT molecular complexity index is 530. The maximum absolute atomic E-state index is 12.0. The zero-order valence-corrected chi connectivity index (χ0v) is 13.3. The highest BCUT2D eigenvalue weighted by atomic mass is 32.2. The van der Waals surface area contributed by atoms with Gasteiger partial charge in [-0.25, -0.2) is 0 Å². The number of thioether (sulfide) groups is 1. The molecule has 1 N–H and O–H groups in total. The van der Waals surface area contributed by atoms with Crippen LogP contribution in [0.4, 0.5) is 0 Å². The molecule has 0 aromatic heterocycles. The summed E-state index contributed by atoms with van der Waals surface area (Å²) in [7, 11) is 0.